The van der Waals surface area contributed by atoms with Crippen LogP contribution in [-0.4, -0.2) is 0 Å². The third-order valence-corrected chi connectivity index (χ3v) is 2.92. The summed E-state index contributed by atoms with van der Waals surface area (Å²) in [6.45, 7) is 5.59. The summed E-state index contributed by atoms with van der Waals surface area (Å²) in [6.07, 6.45) is 7.33. The Morgan fingerprint density at radius 3 is 2.71 bits per heavy atom. The highest BCUT2D eigenvalue weighted by Gasteiger charge is 2.07. The van der Waals surface area contributed by atoms with Gasteiger partial charge in [-0.15, -0.1) is 6.58 Å². The maximum Gasteiger partial charge on any atom is 0.123 e. The summed E-state index contributed by atoms with van der Waals surface area (Å²) in [6, 6.07) is 4.99. The summed E-state index contributed by atoms with van der Waals surface area (Å²) in [5, 5.41) is 0. The molecule has 0 saturated heterocycles. The van der Waals surface area contributed by atoms with Crippen molar-refractivity contribution in [2.75, 3.05) is 0 Å². The molecule has 17 heavy (non-hydrogen) atoms. The Morgan fingerprint density at radius 1 is 1.29 bits per heavy atom. The lowest BCUT2D eigenvalue weighted by molar-refractivity contribution is 0.565. The third kappa shape index (κ3) is 5.14. The fraction of sp³-hybridized carbons (Fsp3) is 0.467. The first-order valence-corrected chi connectivity index (χ1v) is 6.27. The van der Waals surface area contributed by atoms with Gasteiger partial charge in [0.1, 0.15) is 5.82 Å². The molecule has 0 radical (unpaired) electrons. The van der Waals surface area contributed by atoms with Crippen LogP contribution >= 0.6 is 0 Å². The highest BCUT2D eigenvalue weighted by atomic mass is 19.1. The third-order valence-electron chi connectivity index (χ3n) is 2.92. The molecule has 0 aliphatic rings. The zero-order valence-corrected chi connectivity index (χ0v) is 10.6. The van der Waals surface area contributed by atoms with Crippen LogP contribution in [0.25, 0.3) is 0 Å². The average molecular weight is 235 g/mol. The van der Waals surface area contributed by atoms with Crippen LogP contribution in [-0.2, 0) is 0 Å². The standard InChI is InChI=1S/C15H22FN/c1-3-4-5-6-7-8-15(17)13-9-12(2)10-14(16)11-13/h3,9-11,15H,1,4-8,17H2,2H3. The molecule has 0 aromatic heterocycles. The Labute approximate surface area is 104 Å². The lowest BCUT2D eigenvalue weighted by Crippen LogP contribution is -2.10. The van der Waals surface area contributed by atoms with Gasteiger partial charge in [0.15, 0.2) is 0 Å². The molecular weight excluding hydrogens is 213 g/mol. The Morgan fingerprint density at radius 2 is 2.06 bits per heavy atom. The van der Waals surface area contributed by atoms with Gasteiger partial charge in [0, 0.05) is 6.04 Å². The van der Waals surface area contributed by atoms with Crippen LogP contribution in [0.1, 0.15) is 49.3 Å². The van der Waals surface area contributed by atoms with Crippen LogP contribution in [0.4, 0.5) is 4.39 Å². The van der Waals surface area contributed by atoms with Gasteiger partial charge in [-0.25, -0.2) is 4.39 Å². The van der Waals surface area contributed by atoms with Crippen molar-refractivity contribution < 1.29 is 4.39 Å². The van der Waals surface area contributed by atoms with Gasteiger partial charge < -0.3 is 5.73 Å². The van der Waals surface area contributed by atoms with Gasteiger partial charge in [0.25, 0.3) is 0 Å². The number of nitrogens with two attached hydrogens (primary N) is 1. The Kier molecular flexibility index (Phi) is 5.92. The van der Waals surface area contributed by atoms with Crippen LogP contribution < -0.4 is 5.73 Å². The normalized spacial score (nSPS) is 12.4. The lowest BCUT2D eigenvalue weighted by Gasteiger charge is -2.12. The molecule has 1 atom stereocenters. The summed E-state index contributed by atoms with van der Waals surface area (Å²) >= 11 is 0. The number of rotatable bonds is 7. The van der Waals surface area contributed by atoms with Crippen molar-refractivity contribution in [2.45, 2.75) is 45.1 Å². The molecule has 0 aliphatic heterocycles. The van der Waals surface area contributed by atoms with Crippen molar-refractivity contribution in [2.24, 2.45) is 5.73 Å². The van der Waals surface area contributed by atoms with E-state index in [-0.39, 0.29) is 11.9 Å². The molecule has 1 aromatic rings. The Bertz CT molecular complexity index is 340. The molecule has 2 N–H and O–H groups in total. The van der Waals surface area contributed by atoms with E-state index in [1.54, 1.807) is 6.07 Å². The van der Waals surface area contributed by atoms with Crippen LogP contribution in [0.3, 0.4) is 0 Å². The van der Waals surface area contributed by atoms with Gasteiger partial charge in [0.2, 0.25) is 0 Å². The second-order valence-corrected chi connectivity index (χ2v) is 4.60. The van der Waals surface area contributed by atoms with Crippen LogP contribution in [0, 0.1) is 12.7 Å². The maximum absolute atomic E-state index is 13.2. The molecule has 1 nitrogen and oxygen atoms in total. The minimum Gasteiger partial charge on any atom is -0.324 e. The van der Waals surface area contributed by atoms with Gasteiger partial charge in [0.05, 0.1) is 0 Å². The van der Waals surface area contributed by atoms with Crippen molar-refractivity contribution in [3.05, 3.63) is 47.8 Å². The second kappa shape index (κ2) is 7.23. The van der Waals surface area contributed by atoms with Gasteiger partial charge >= 0.3 is 0 Å². The molecule has 1 aromatic carbocycles. The molecule has 2 heteroatoms. The zero-order chi connectivity index (χ0) is 12.7. The van der Waals surface area contributed by atoms with E-state index in [9.17, 15) is 4.39 Å². The highest BCUT2D eigenvalue weighted by molar-refractivity contribution is 5.25. The van der Waals surface area contributed by atoms with Crippen molar-refractivity contribution in [1.82, 2.24) is 0 Å². The number of unbranched alkanes of at least 4 members (excludes halogenated alkanes) is 3. The van der Waals surface area contributed by atoms with Crippen molar-refractivity contribution in [3.8, 4) is 0 Å². The molecule has 0 aliphatic carbocycles. The monoisotopic (exact) mass is 235 g/mol. The Hall–Kier alpha value is -1.15. The maximum atomic E-state index is 13.2. The first-order valence-electron chi connectivity index (χ1n) is 6.27. The van der Waals surface area contributed by atoms with E-state index < -0.39 is 0 Å². The number of halogens is 1. The molecule has 1 rings (SSSR count). The number of allylic oxidation sites excluding steroid dienone is 1. The van der Waals surface area contributed by atoms with Crippen LogP contribution in [0.2, 0.25) is 0 Å². The fourth-order valence-corrected chi connectivity index (χ4v) is 1.98. The summed E-state index contributed by atoms with van der Waals surface area (Å²) in [7, 11) is 0. The predicted octanol–water partition coefficient (Wildman–Crippen LogP) is 4.27. The van der Waals surface area contributed by atoms with E-state index in [0.717, 1.165) is 36.8 Å². The van der Waals surface area contributed by atoms with Gasteiger partial charge in [-0.05, 0) is 49.4 Å². The molecule has 94 valence electrons. The smallest absolute Gasteiger partial charge is 0.123 e. The highest BCUT2D eigenvalue weighted by Crippen LogP contribution is 2.20. The fourth-order valence-electron chi connectivity index (χ4n) is 1.98. The molecule has 0 saturated carbocycles. The summed E-state index contributed by atoms with van der Waals surface area (Å²) in [5.41, 5.74) is 7.90. The predicted molar refractivity (Wildman–Crippen MR) is 71.3 cm³/mol. The topological polar surface area (TPSA) is 26.0 Å². The largest absolute Gasteiger partial charge is 0.324 e. The van der Waals surface area contributed by atoms with E-state index in [1.165, 1.54) is 12.5 Å². The number of benzene rings is 1. The minimum absolute atomic E-state index is 0.0480. The number of hydrogen-bond acceptors (Lipinski definition) is 1. The van der Waals surface area contributed by atoms with E-state index in [0.29, 0.717) is 0 Å². The van der Waals surface area contributed by atoms with Gasteiger partial charge in [-0.3, -0.25) is 0 Å². The second-order valence-electron chi connectivity index (χ2n) is 4.60. The van der Waals surface area contributed by atoms with E-state index >= 15 is 0 Å². The van der Waals surface area contributed by atoms with Crippen molar-refractivity contribution >= 4 is 0 Å². The number of aryl methyl sites for hydroxylation is 1. The molecule has 0 heterocycles. The number of hydrogen-bond donors (Lipinski definition) is 1. The first kappa shape index (κ1) is 13.9. The SMILES string of the molecule is C=CCCCCCC(N)c1cc(C)cc(F)c1. The van der Waals surface area contributed by atoms with Gasteiger partial charge in [-0.1, -0.05) is 25.0 Å². The summed E-state index contributed by atoms with van der Waals surface area (Å²) < 4.78 is 13.2. The molecule has 1 unspecified atom stereocenters. The first-order chi connectivity index (χ1) is 8.13. The van der Waals surface area contributed by atoms with E-state index in [4.69, 9.17) is 5.73 Å². The zero-order valence-electron chi connectivity index (χ0n) is 10.6. The van der Waals surface area contributed by atoms with E-state index in [1.807, 2.05) is 19.1 Å². The average Bonchev–Trinajstić information content (AvgIpc) is 2.27. The lowest BCUT2D eigenvalue weighted by atomic mass is 9.99. The van der Waals surface area contributed by atoms with E-state index in [2.05, 4.69) is 6.58 Å². The molecule has 0 amide bonds. The summed E-state index contributed by atoms with van der Waals surface area (Å²) in [4.78, 5) is 0. The van der Waals surface area contributed by atoms with Crippen LogP contribution in [0.5, 0.6) is 0 Å². The minimum atomic E-state index is -0.192. The molecule has 0 fully saturated rings. The van der Waals surface area contributed by atoms with Gasteiger partial charge in [-0.2, -0.15) is 0 Å². The molecular formula is C15H22FN. The molecule has 0 spiro atoms. The summed E-state index contributed by atoms with van der Waals surface area (Å²) in [5.74, 6) is -0.192. The molecule has 0 bridgehead atoms. The van der Waals surface area contributed by atoms with Crippen molar-refractivity contribution in [3.63, 3.8) is 0 Å². The van der Waals surface area contributed by atoms with Crippen LogP contribution in [0.15, 0.2) is 30.9 Å². The van der Waals surface area contributed by atoms with Crippen molar-refractivity contribution in [1.29, 1.82) is 0 Å². The Balaban J connectivity index is 2.40. The quantitative estimate of drug-likeness (QED) is 0.554.